The van der Waals surface area contributed by atoms with Gasteiger partial charge in [-0.2, -0.15) is 0 Å². The number of Topliss-reactive ketones (excluding diaryl/α,β-unsaturated/α-hetero) is 1. The van der Waals surface area contributed by atoms with E-state index in [1.54, 1.807) is 6.92 Å². The summed E-state index contributed by atoms with van der Waals surface area (Å²) in [5.41, 5.74) is -0.355. The van der Waals surface area contributed by atoms with Crippen molar-refractivity contribution in [2.24, 2.45) is 0 Å². The van der Waals surface area contributed by atoms with E-state index in [0.717, 1.165) is 15.9 Å². The van der Waals surface area contributed by atoms with E-state index in [0.29, 0.717) is 0 Å². The molecule has 2 aromatic carbocycles. The van der Waals surface area contributed by atoms with Crippen molar-refractivity contribution in [3.05, 3.63) is 66.0 Å². The molecule has 9 heteroatoms. The highest BCUT2D eigenvalue weighted by molar-refractivity contribution is 7.94. The van der Waals surface area contributed by atoms with E-state index < -0.39 is 45.1 Å². The number of ketones is 1. The average Bonchev–Trinajstić information content (AvgIpc) is 2.98. The minimum absolute atomic E-state index is 0.113. The first kappa shape index (κ1) is 24.7. The fourth-order valence-corrected chi connectivity index (χ4v) is 6.46. The molecule has 4 rings (SSSR count). The molecular weight excluding hydrogens is 447 g/mol. The molecule has 0 bridgehead atoms. The number of carbonyl (C=O) groups is 2. The number of amides is 1. The van der Waals surface area contributed by atoms with E-state index in [4.69, 9.17) is 4.74 Å². The zero-order valence-electron chi connectivity index (χ0n) is 19.0. The number of rotatable bonds is 3. The maximum Gasteiger partial charge on any atom is 0.410 e. The summed E-state index contributed by atoms with van der Waals surface area (Å²) in [5, 5.41) is 0. The summed E-state index contributed by atoms with van der Waals surface area (Å²) >= 11 is 0. The van der Waals surface area contributed by atoms with Crippen LogP contribution in [0.15, 0.2) is 54.6 Å². The topological polar surface area (TPSA) is 84.0 Å². The van der Waals surface area contributed by atoms with Crippen molar-refractivity contribution in [2.45, 2.75) is 51.8 Å². The number of hydrogen-bond acceptors (Lipinski definition) is 5. The Bertz CT molecular complexity index is 1110. The molecule has 2 saturated heterocycles. The number of benzene rings is 2. The molecule has 33 heavy (non-hydrogen) atoms. The predicted molar refractivity (Wildman–Crippen MR) is 124 cm³/mol. The van der Waals surface area contributed by atoms with Crippen LogP contribution in [0.4, 0.5) is 14.9 Å². The number of ether oxygens (including phenoxy) is 1. The van der Waals surface area contributed by atoms with Crippen LogP contribution in [0.3, 0.4) is 0 Å². The Kier molecular flexibility index (Phi) is 7.41. The number of halogens is 1. The smallest absolute Gasteiger partial charge is 0.410 e. The van der Waals surface area contributed by atoms with Crippen LogP contribution in [0.1, 0.15) is 39.2 Å². The standard InChI is InChI=1S/C22H23FN2O5S.C2H6/c1-16-13-22(10-11-24(16)21(27)30-14-17-6-3-2-4-7-17)20(26)15-31(28,29)25(22)19-9-5-8-18(23)12-19;1-2/h2-9,12,16H,10-11,13-15H2,1H3;1-2H3/t16-,22+;/m0./s1. The summed E-state index contributed by atoms with van der Waals surface area (Å²) in [7, 11) is -3.94. The summed E-state index contributed by atoms with van der Waals surface area (Å²) in [6.45, 7) is 6.03. The molecule has 178 valence electrons. The van der Waals surface area contributed by atoms with E-state index in [9.17, 15) is 22.4 Å². The number of sulfonamides is 1. The van der Waals surface area contributed by atoms with Gasteiger partial charge in [-0.05, 0) is 43.5 Å². The Labute approximate surface area is 194 Å². The lowest BCUT2D eigenvalue weighted by Crippen LogP contribution is -2.60. The van der Waals surface area contributed by atoms with Crippen LogP contribution in [0.2, 0.25) is 0 Å². The summed E-state index contributed by atoms with van der Waals surface area (Å²) in [6, 6.07) is 14.0. The Balaban J connectivity index is 0.00000149. The molecule has 0 radical (unpaired) electrons. The summed E-state index contributed by atoms with van der Waals surface area (Å²) in [4.78, 5) is 27.1. The minimum atomic E-state index is -3.94. The van der Waals surface area contributed by atoms with Crippen molar-refractivity contribution in [3.8, 4) is 0 Å². The molecule has 1 amide bonds. The van der Waals surface area contributed by atoms with Gasteiger partial charge in [0, 0.05) is 12.6 Å². The van der Waals surface area contributed by atoms with Gasteiger partial charge in [-0.3, -0.25) is 9.10 Å². The Hall–Kier alpha value is -2.94. The largest absolute Gasteiger partial charge is 0.445 e. The van der Waals surface area contributed by atoms with E-state index in [1.165, 1.54) is 23.1 Å². The van der Waals surface area contributed by atoms with Gasteiger partial charge in [-0.1, -0.05) is 50.2 Å². The first-order chi connectivity index (χ1) is 15.7. The van der Waals surface area contributed by atoms with Crippen molar-refractivity contribution < 1.29 is 27.1 Å². The van der Waals surface area contributed by atoms with E-state index in [1.807, 2.05) is 44.2 Å². The molecule has 0 aliphatic carbocycles. The second-order valence-corrected chi connectivity index (χ2v) is 9.81. The molecule has 2 atom stereocenters. The normalized spacial score (nSPS) is 23.8. The number of nitrogens with zero attached hydrogens (tertiary/aromatic N) is 2. The third kappa shape index (κ3) is 4.88. The number of likely N-dealkylation sites (tertiary alicyclic amines) is 1. The van der Waals surface area contributed by atoms with Crippen LogP contribution in [-0.2, 0) is 26.2 Å². The van der Waals surface area contributed by atoms with Gasteiger partial charge in [0.05, 0.1) is 5.69 Å². The SMILES string of the molecule is CC.C[C@H]1C[C@]2(CCN1C(=O)OCc1ccccc1)C(=O)CS(=O)(=O)N2c1cccc(F)c1. The van der Waals surface area contributed by atoms with Crippen molar-refractivity contribution >= 4 is 27.6 Å². The average molecular weight is 477 g/mol. The first-order valence-electron chi connectivity index (χ1n) is 11.0. The number of hydrogen-bond donors (Lipinski definition) is 0. The van der Waals surface area contributed by atoms with Gasteiger partial charge in [-0.15, -0.1) is 0 Å². The minimum Gasteiger partial charge on any atom is -0.445 e. The number of piperidine rings is 1. The van der Waals surface area contributed by atoms with Crippen molar-refractivity contribution in [1.82, 2.24) is 4.90 Å². The Morgan fingerprint density at radius 2 is 1.85 bits per heavy atom. The molecule has 0 saturated carbocycles. The lowest BCUT2D eigenvalue weighted by atomic mass is 9.80. The van der Waals surface area contributed by atoms with Gasteiger partial charge in [0.15, 0.2) is 5.78 Å². The summed E-state index contributed by atoms with van der Waals surface area (Å²) in [5.74, 6) is -1.65. The maximum atomic E-state index is 13.8. The molecule has 2 heterocycles. The first-order valence-corrected chi connectivity index (χ1v) is 12.6. The van der Waals surface area contributed by atoms with Gasteiger partial charge in [0.25, 0.3) is 0 Å². The Morgan fingerprint density at radius 1 is 1.15 bits per heavy atom. The van der Waals surface area contributed by atoms with Gasteiger partial charge in [0.2, 0.25) is 10.0 Å². The Morgan fingerprint density at radius 3 is 2.48 bits per heavy atom. The van der Waals surface area contributed by atoms with Gasteiger partial charge in [0.1, 0.15) is 23.7 Å². The van der Waals surface area contributed by atoms with Crippen LogP contribution in [0.25, 0.3) is 0 Å². The summed E-state index contributed by atoms with van der Waals surface area (Å²) < 4.78 is 45.9. The van der Waals surface area contributed by atoms with Gasteiger partial charge >= 0.3 is 6.09 Å². The van der Waals surface area contributed by atoms with E-state index in [-0.39, 0.29) is 31.7 Å². The quantitative estimate of drug-likeness (QED) is 0.665. The monoisotopic (exact) mass is 476 g/mol. The fraction of sp³-hybridized carbons (Fsp3) is 0.417. The van der Waals surface area contributed by atoms with E-state index in [2.05, 4.69) is 0 Å². The third-order valence-corrected chi connectivity index (χ3v) is 7.66. The van der Waals surface area contributed by atoms with Crippen LogP contribution in [0, 0.1) is 5.82 Å². The molecule has 2 aliphatic heterocycles. The van der Waals surface area contributed by atoms with Crippen molar-refractivity contribution in [1.29, 1.82) is 0 Å². The van der Waals surface area contributed by atoms with E-state index >= 15 is 0 Å². The lowest BCUT2D eigenvalue weighted by Gasteiger charge is -2.45. The molecule has 7 nitrogen and oxygen atoms in total. The predicted octanol–water partition coefficient (Wildman–Crippen LogP) is 4.13. The van der Waals surface area contributed by atoms with Gasteiger partial charge < -0.3 is 9.64 Å². The zero-order chi connectivity index (χ0) is 24.2. The third-order valence-electron chi connectivity index (χ3n) is 5.91. The summed E-state index contributed by atoms with van der Waals surface area (Å²) in [6.07, 6.45) is -0.286. The highest BCUT2D eigenvalue weighted by atomic mass is 32.2. The molecule has 0 unspecified atom stereocenters. The second kappa shape index (κ2) is 9.91. The zero-order valence-corrected chi connectivity index (χ0v) is 19.8. The highest BCUT2D eigenvalue weighted by Crippen LogP contribution is 2.43. The van der Waals surface area contributed by atoms with Crippen molar-refractivity contribution in [3.63, 3.8) is 0 Å². The number of anilines is 1. The lowest BCUT2D eigenvalue weighted by molar-refractivity contribution is -0.122. The molecule has 1 spiro atoms. The molecular formula is C24H29FN2O5S. The maximum absolute atomic E-state index is 13.8. The molecule has 2 fully saturated rings. The molecule has 2 aliphatic rings. The fourth-order valence-electron chi connectivity index (χ4n) is 4.49. The van der Waals surface area contributed by atoms with Crippen LogP contribution < -0.4 is 4.31 Å². The van der Waals surface area contributed by atoms with Crippen molar-refractivity contribution in [2.75, 3.05) is 16.6 Å². The van der Waals surface area contributed by atoms with Crippen LogP contribution >= 0.6 is 0 Å². The number of carbonyl (C=O) groups excluding carboxylic acids is 2. The van der Waals surface area contributed by atoms with Gasteiger partial charge in [-0.25, -0.2) is 17.6 Å². The van der Waals surface area contributed by atoms with Crippen LogP contribution in [0.5, 0.6) is 0 Å². The second-order valence-electron chi connectivity index (χ2n) is 7.99. The molecule has 0 N–H and O–H groups in total. The molecule has 2 aromatic rings. The highest BCUT2D eigenvalue weighted by Gasteiger charge is 2.59. The van der Waals surface area contributed by atoms with Crippen LogP contribution in [-0.4, -0.2) is 49.1 Å². The molecule has 0 aromatic heterocycles.